The monoisotopic (exact) mass is 349 g/mol. The highest BCUT2D eigenvalue weighted by molar-refractivity contribution is 6.00. The Hall–Kier alpha value is -3.94. The topological polar surface area (TPSA) is 122 Å². The van der Waals surface area contributed by atoms with Gasteiger partial charge in [-0.25, -0.2) is 9.78 Å². The first-order valence-electron chi connectivity index (χ1n) is 7.60. The number of fused-ring (bicyclic) bond motifs is 1. The molecular weight excluding hydrogens is 338 g/mol. The first-order chi connectivity index (χ1) is 12.5. The normalized spacial score (nSPS) is 10.9. The van der Waals surface area contributed by atoms with Crippen molar-refractivity contribution in [2.45, 2.75) is 0 Å². The molecule has 2 N–H and O–H groups in total. The fraction of sp³-hybridized carbons (Fsp3) is 0. The molecule has 4 aromatic rings. The second-order valence-electron chi connectivity index (χ2n) is 5.56. The van der Waals surface area contributed by atoms with Gasteiger partial charge >= 0.3 is 5.97 Å². The number of hydrogen-bond acceptors (Lipinski definition) is 5. The van der Waals surface area contributed by atoms with E-state index in [0.717, 1.165) is 10.9 Å². The van der Waals surface area contributed by atoms with Crippen LogP contribution < -0.4 is 0 Å². The Morgan fingerprint density at radius 1 is 1.19 bits per heavy atom. The maximum absolute atomic E-state index is 11.6. The summed E-state index contributed by atoms with van der Waals surface area (Å²) in [4.78, 5) is 29.1. The van der Waals surface area contributed by atoms with E-state index in [9.17, 15) is 20.0 Å². The highest BCUT2D eigenvalue weighted by atomic mass is 16.6. The number of oxazole rings is 1. The van der Waals surface area contributed by atoms with Gasteiger partial charge in [-0.2, -0.15) is 0 Å². The minimum atomic E-state index is -1.24. The van der Waals surface area contributed by atoms with Crippen molar-refractivity contribution in [1.29, 1.82) is 0 Å². The SMILES string of the molecule is O=C(O)c1nc(-c2cccc([N+](=O)[O-])c2)oc1-c1c[nH]c2ccccc12. The molecule has 0 saturated carbocycles. The molecule has 0 aliphatic heterocycles. The van der Waals surface area contributed by atoms with Crippen LogP contribution in [0.15, 0.2) is 59.1 Å². The zero-order valence-electron chi connectivity index (χ0n) is 13.2. The van der Waals surface area contributed by atoms with Crippen molar-refractivity contribution >= 4 is 22.6 Å². The number of aromatic amines is 1. The Balaban J connectivity index is 1.90. The summed E-state index contributed by atoms with van der Waals surface area (Å²) < 4.78 is 5.71. The molecule has 0 unspecified atom stereocenters. The summed E-state index contributed by atoms with van der Waals surface area (Å²) in [6.45, 7) is 0. The van der Waals surface area contributed by atoms with Crippen molar-refractivity contribution in [3.8, 4) is 22.8 Å². The minimum Gasteiger partial charge on any atom is -0.476 e. The van der Waals surface area contributed by atoms with E-state index < -0.39 is 10.9 Å². The lowest BCUT2D eigenvalue weighted by Gasteiger charge is -1.97. The molecule has 0 aliphatic carbocycles. The summed E-state index contributed by atoms with van der Waals surface area (Å²) in [6, 6.07) is 13.1. The largest absolute Gasteiger partial charge is 0.476 e. The number of carbonyl (C=O) groups is 1. The van der Waals surface area contributed by atoms with Crippen LogP contribution in [0.2, 0.25) is 0 Å². The third-order valence-corrected chi connectivity index (χ3v) is 3.97. The van der Waals surface area contributed by atoms with Gasteiger partial charge in [-0.3, -0.25) is 10.1 Å². The zero-order valence-corrected chi connectivity index (χ0v) is 13.2. The molecule has 2 aromatic carbocycles. The molecule has 8 nitrogen and oxygen atoms in total. The number of nitro benzene ring substituents is 1. The van der Waals surface area contributed by atoms with Gasteiger partial charge in [-0.15, -0.1) is 0 Å². The molecule has 2 aromatic heterocycles. The number of aromatic carboxylic acids is 1. The Labute approximate surface area is 145 Å². The smallest absolute Gasteiger partial charge is 0.358 e. The summed E-state index contributed by atoms with van der Waals surface area (Å²) in [5.41, 5.74) is 1.32. The molecular formula is C18H11N3O5. The quantitative estimate of drug-likeness (QED) is 0.422. The van der Waals surface area contributed by atoms with E-state index in [0.29, 0.717) is 11.1 Å². The van der Waals surface area contributed by atoms with Crippen LogP contribution in [0, 0.1) is 10.1 Å². The molecule has 128 valence electrons. The highest BCUT2D eigenvalue weighted by Gasteiger charge is 2.24. The number of H-pyrrole nitrogens is 1. The summed E-state index contributed by atoms with van der Waals surface area (Å²) in [5.74, 6) is -1.14. The third-order valence-electron chi connectivity index (χ3n) is 3.97. The maximum atomic E-state index is 11.6. The van der Waals surface area contributed by atoms with Crippen LogP contribution in [0.4, 0.5) is 5.69 Å². The molecule has 0 aliphatic rings. The zero-order chi connectivity index (χ0) is 18.3. The number of nitro groups is 1. The Kier molecular flexibility index (Phi) is 3.51. The van der Waals surface area contributed by atoms with Crippen molar-refractivity contribution in [2.24, 2.45) is 0 Å². The molecule has 0 fully saturated rings. The van der Waals surface area contributed by atoms with Gasteiger partial charge in [0.2, 0.25) is 5.89 Å². The van der Waals surface area contributed by atoms with Gasteiger partial charge in [-0.05, 0) is 12.1 Å². The van der Waals surface area contributed by atoms with E-state index in [4.69, 9.17) is 4.42 Å². The summed E-state index contributed by atoms with van der Waals surface area (Å²) in [5, 5.41) is 21.2. The average Bonchev–Trinajstić information content (AvgIpc) is 3.26. The number of hydrogen-bond donors (Lipinski definition) is 2. The van der Waals surface area contributed by atoms with Gasteiger partial charge < -0.3 is 14.5 Å². The lowest BCUT2D eigenvalue weighted by atomic mass is 10.1. The number of nitrogens with one attached hydrogen (secondary N) is 1. The third kappa shape index (κ3) is 2.49. The van der Waals surface area contributed by atoms with E-state index in [-0.39, 0.29) is 23.0 Å². The number of para-hydroxylation sites is 1. The van der Waals surface area contributed by atoms with Crippen LogP contribution in [0.5, 0.6) is 0 Å². The minimum absolute atomic E-state index is 0.00591. The Morgan fingerprint density at radius 2 is 2.00 bits per heavy atom. The predicted molar refractivity (Wildman–Crippen MR) is 92.8 cm³/mol. The fourth-order valence-corrected chi connectivity index (χ4v) is 2.78. The van der Waals surface area contributed by atoms with Crippen molar-refractivity contribution in [1.82, 2.24) is 9.97 Å². The summed E-state index contributed by atoms with van der Waals surface area (Å²) in [7, 11) is 0. The van der Waals surface area contributed by atoms with E-state index in [1.54, 1.807) is 12.3 Å². The Morgan fingerprint density at radius 3 is 2.77 bits per heavy atom. The summed E-state index contributed by atoms with van der Waals surface area (Å²) in [6.07, 6.45) is 1.65. The molecule has 2 heterocycles. The van der Waals surface area contributed by atoms with Crippen molar-refractivity contribution in [3.63, 3.8) is 0 Å². The van der Waals surface area contributed by atoms with Crippen molar-refractivity contribution < 1.29 is 19.2 Å². The van der Waals surface area contributed by atoms with E-state index >= 15 is 0 Å². The second kappa shape index (κ2) is 5.85. The van der Waals surface area contributed by atoms with E-state index in [1.165, 1.54) is 18.2 Å². The standard InChI is InChI=1S/C18H11N3O5/c22-18(23)15-16(13-9-19-14-7-2-1-6-12(13)14)26-17(20-15)10-4-3-5-11(8-10)21(24)25/h1-9,19H,(H,22,23). The van der Waals surface area contributed by atoms with E-state index in [1.807, 2.05) is 24.3 Å². The van der Waals surface area contributed by atoms with Gasteiger partial charge in [0.05, 0.1) is 4.92 Å². The molecule has 8 heteroatoms. The molecule has 4 rings (SSSR count). The number of benzene rings is 2. The first kappa shape index (κ1) is 15.6. The molecule has 0 bridgehead atoms. The van der Waals surface area contributed by atoms with Crippen LogP contribution in [0.1, 0.15) is 10.5 Å². The molecule has 26 heavy (non-hydrogen) atoms. The summed E-state index contributed by atoms with van der Waals surface area (Å²) >= 11 is 0. The lowest BCUT2D eigenvalue weighted by Crippen LogP contribution is -1.98. The molecule has 0 atom stereocenters. The predicted octanol–water partition coefficient (Wildman–Crippen LogP) is 4.10. The average molecular weight is 349 g/mol. The van der Waals surface area contributed by atoms with Crippen LogP contribution in [-0.4, -0.2) is 26.0 Å². The van der Waals surface area contributed by atoms with Gasteiger partial charge in [0.1, 0.15) is 0 Å². The number of nitrogens with zero attached hydrogens (tertiary/aromatic N) is 2. The second-order valence-corrected chi connectivity index (χ2v) is 5.56. The maximum Gasteiger partial charge on any atom is 0.358 e. The first-order valence-corrected chi connectivity index (χ1v) is 7.60. The number of rotatable bonds is 4. The Bertz CT molecular complexity index is 1160. The van der Waals surface area contributed by atoms with Gasteiger partial charge in [0.15, 0.2) is 11.5 Å². The lowest BCUT2D eigenvalue weighted by molar-refractivity contribution is -0.384. The van der Waals surface area contributed by atoms with Gasteiger partial charge in [0, 0.05) is 40.4 Å². The molecule has 0 radical (unpaired) electrons. The van der Waals surface area contributed by atoms with Crippen LogP contribution in [-0.2, 0) is 0 Å². The van der Waals surface area contributed by atoms with Gasteiger partial charge in [-0.1, -0.05) is 24.3 Å². The number of aromatic nitrogens is 2. The molecule has 0 saturated heterocycles. The number of non-ortho nitro benzene ring substituents is 1. The highest BCUT2D eigenvalue weighted by Crippen LogP contribution is 2.35. The van der Waals surface area contributed by atoms with Crippen molar-refractivity contribution in [3.05, 3.63) is 70.5 Å². The number of carboxylic acids is 1. The fourth-order valence-electron chi connectivity index (χ4n) is 2.78. The molecule has 0 spiro atoms. The van der Waals surface area contributed by atoms with E-state index in [2.05, 4.69) is 9.97 Å². The van der Waals surface area contributed by atoms with Crippen molar-refractivity contribution in [2.75, 3.05) is 0 Å². The van der Waals surface area contributed by atoms with Gasteiger partial charge in [0.25, 0.3) is 5.69 Å². The molecule has 0 amide bonds. The van der Waals surface area contributed by atoms with Crippen LogP contribution >= 0.6 is 0 Å². The number of carboxylic acid groups (broad SMARTS) is 1. The van der Waals surface area contributed by atoms with Crippen LogP contribution in [0.3, 0.4) is 0 Å². The van der Waals surface area contributed by atoms with Crippen LogP contribution in [0.25, 0.3) is 33.7 Å².